The molecule has 0 fully saturated rings. The number of anilines is 1. The highest BCUT2D eigenvalue weighted by Gasteiger charge is 2.12. The summed E-state index contributed by atoms with van der Waals surface area (Å²) in [6.45, 7) is 9.01. The maximum atomic E-state index is 12.3. The lowest BCUT2D eigenvalue weighted by Crippen LogP contribution is -2.19. The second-order valence-corrected chi connectivity index (χ2v) is 5.72. The fourth-order valence-electron chi connectivity index (χ4n) is 2.08. The summed E-state index contributed by atoms with van der Waals surface area (Å²) in [7, 11) is 0. The lowest BCUT2D eigenvalue weighted by molar-refractivity contribution is -0.112. The first-order chi connectivity index (χ1) is 10.5. The number of amides is 1. The van der Waals surface area contributed by atoms with Gasteiger partial charge in [0, 0.05) is 18.4 Å². The van der Waals surface area contributed by atoms with Crippen molar-refractivity contribution >= 4 is 11.6 Å². The van der Waals surface area contributed by atoms with Crippen molar-refractivity contribution in [2.75, 3.05) is 11.9 Å². The molecule has 4 nitrogen and oxygen atoms in total. The zero-order valence-electron chi connectivity index (χ0n) is 13.9. The minimum atomic E-state index is -0.372. The van der Waals surface area contributed by atoms with Crippen LogP contribution in [0.5, 0.6) is 0 Å². The predicted molar refractivity (Wildman–Crippen MR) is 90.3 cm³/mol. The Morgan fingerprint density at radius 3 is 2.73 bits per heavy atom. The second-order valence-electron chi connectivity index (χ2n) is 5.72. The number of hydrogen-bond acceptors (Lipinski definition) is 3. The molecule has 0 unspecified atom stereocenters. The Balaban J connectivity index is 2.78. The van der Waals surface area contributed by atoms with E-state index in [1.807, 2.05) is 38.1 Å². The van der Waals surface area contributed by atoms with Gasteiger partial charge in [-0.05, 0) is 36.8 Å². The Kier molecular flexibility index (Phi) is 7.18. The monoisotopic (exact) mass is 299 g/mol. The summed E-state index contributed by atoms with van der Waals surface area (Å²) in [5, 5.41) is 15.1. The molecule has 2 N–H and O–H groups in total. The number of carbonyl (C=O) groups excluding carboxylic acids is 1. The van der Waals surface area contributed by atoms with E-state index < -0.39 is 0 Å². The number of nitriles is 1. The Morgan fingerprint density at radius 2 is 2.14 bits per heavy atom. The van der Waals surface area contributed by atoms with Gasteiger partial charge in [-0.15, -0.1) is 0 Å². The Labute approximate surface area is 133 Å². The normalized spacial score (nSPS) is 11.2. The highest BCUT2D eigenvalue weighted by atomic mass is 16.1. The average molecular weight is 299 g/mol. The van der Waals surface area contributed by atoms with E-state index in [0.717, 1.165) is 36.2 Å². The summed E-state index contributed by atoms with van der Waals surface area (Å²) >= 11 is 0. The maximum absolute atomic E-state index is 12.3. The number of nitrogens with zero attached hydrogens (tertiary/aromatic N) is 1. The van der Waals surface area contributed by atoms with Crippen LogP contribution in [0.4, 0.5) is 5.69 Å². The topological polar surface area (TPSA) is 64.9 Å². The van der Waals surface area contributed by atoms with Crippen molar-refractivity contribution < 1.29 is 4.79 Å². The first-order valence-corrected chi connectivity index (χ1v) is 7.73. The molecule has 22 heavy (non-hydrogen) atoms. The molecule has 1 rings (SSSR count). The third-order valence-electron chi connectivity index (χ3n) is 3.46. The fourth-order valence-corrected chi connectivity index (χ4v) is 2.08. The van der Waals surface area contributed by atoms with Crippen LogP contribution in [-0.2, 0) is 11.2 Å². The van der Waals surface area contributed by atoms with Crippen molar-refractivity contribution in [1.29, 1.82) is 5.26 Å². The van der Waals surface area contributed by atoms with Gasteiger partial charge in [-0.2, -0.15) is 5.26 Å². The molecule has 0 aliphatic rings. The average Bonchev–Trinajstić information content (AvgIpc) is 2.48. The number of carbonyl (C=O) groups is 1. The summed E-state index contributed by atoms with van der Waals surface area (Å²) in [5.41, 5.74) is 2.96. The van der Waals surface area contributed by atoms with E-state index in [-0.39, 0.29) is 11.5 Å². The lowest BCUT2D eigenvalue weighted by Gasteiger charge is -2.12. The highest BCUT2D eigenvalue weighted by Crippen LogP contribution is 2.21. The van der Waals surface area contributed by atoms with Crippen molar-refractivity contribution in [2.24, 2.45) is 5.92 Å². The van der Waals surface area contributed by atoms with Crippen LogP contribution in [0.2, 0.25) is 0 Å². The SMILES string of the molecule is CCc1cccc(C)c1NC(=O)/C(C#N)=C\NCCC(C)C. The summed E-state index contributed by atoms with van der Waals surface area (Å²) in [6.07, 6.45) is 3.33. The van der Waals surface area contributed by atoms with Crippen LogP contribution in [0, 0.1) is 24.2 Å². The zero-order valence-corrected chi connectivity index (χ0v) is 13.9. The molecule has 0 atom stereocenters. The summed E-state index contributed by atoms with van der Waals surface area (Å²) in [5.74, 6) is 0.211. The van der Waals surface area contributed by atoms with Crippen molar-refractivity contribution in [1.82, 2.24) is 5.32 Å². The third kappa shape index (κ3) is 5.25. The van der Waals surface area contributed by atoms with Gasteiger partial charge < -0.3 is 10.6 Å². The van der Waals surface area contributed by atoms with Gasteiger partial charge in [-0.1, -0.05) is 39.0 Å². The van der Waals surface area contributed by atoms with Crippen molar-refractivity contribution in [3.05, 3.63) is 41.1 Å². The van der Waals surface area contributed by atoms with E-state index in [0.29, 0.717) is 5.92 Å². The first kappa shape index (κ1) is 17.8. The van der Waals surface area contributed by atoms with Crippen molar-refractivity contribution in [3.63, 3.8) is 0 Å². The van der Waals surface area contributed by atoms with Gasteiger partial charge in [0.1, 0.15) is 11.6 Å². The molecule has 0 heterocycles. The van der Waals surface area contributed by atoms with E-state index >= 15 is 0 Å². The predicted octanol–water partition coefficient (Wildman–Crippen LogP) is 3.54. The Hall–Kier alpha value is -2.28. The van der Waals surface area contributed by atoms with Crippen LogP contribution in [-0.4, -0.2) is 12.5 Å². The maximum Gasteiger partial charge on any atom is 0.267 e. The van der Waals surface area contributed by atoms with E-state index in [1.54, 1.807) is 0 Å². The molecular formula is C18H25N3O. The molecular weight excluding hydrogens is 274 g/mol. The number of benzene rings is 1. The number of rotatable bonds is 7. The van der Waals surface area contributed by atoms with Crippen molar-refractivity contribution in [3.8, 4) is 6.07 Å². The number of hydrogen-bond donors (Lipinski definition) is 2. The van der Waals surface area contributed by atoms with Crippen LogP contribution < -0.4 is 10.6 Å². The standard InChI is InChI=1S/C18H25N3O/c1-5-15-8-6-7-14(4)17(15)21-18(22)16(11-19)12-20-10-9-13(2)3/h6-8,12-13,20H,5,9-10H2,1-4H3,(H,21,22)/b16-12-. The van der Waals surface area contributed by atoms with Crippen LogP contribution in [0.25, 0.3) is 0 Å². The minimum Gasteiger partial charge on any atom is -0.390 e. The van der Waals surface area contributed by atoms with Gasteiger partial charge in [-0.25, -0.2) is 0 Å². The summed E-state index contributed by atoms with van der Waals surface area (Å²) < 4.78 is 0. The lowest BCUT2D eigenvalue weighted by atomic mass is 10.1. The van der Waals surface area contributed by atoms with Gasteiger partial charge in [0.2, 0.25) is 0 Å². The Bertz CT molecular complexity index is 582. The van der Waals surface area contributed by atoms with Crippen molar-refractivity contribution in [2.45, 2.75) is 40.5 Å². The van der Waals surface area contributed by atoms with Gasteiger partial charge in [0.25, 0.3) is 5.91 Å². The van der Waals surface area contributed by atoms with Gasteiger partial charge >= 0.3 is 0 Å². The molecule has 1 aromatic rings. The highest BCUT2D eigenvalue weighted by molar-refractivity contribution is 6.07. The first-order valence-electron chi connectivity index (χ1n) is 7.73. The van der Waals surface area contributed by atoms with Crippen LogP contribution in [0.3, 0.4) is 0 Å². The quantitative estimate of drug-likeness (QED) is 0.460. The molecule has 0 aliphatic heterocycles. The molecule has 0 spiro atoms. The van der Waals surface area contributed by atoms with Crippen LogP contribution in [0.1, 0.15) is 38.3 Å². The van der Waals surface area contributed by atoms with E-state index in [4.69, 9.17) is 5.26 Å². The van der Waals surface area contributed by atoms with E-state index in [9.17, 15) is 4.79 Å². The number of aryl methyl sites for hydroxylation is 2. The van der Waals surface area contributed by atoms with Gasteiger partial charge in [0.05, 0.1) is 0 Å². The van der Waals surface area contributed by atoms with Crippen LogP contribution in [0.15, 0.2) is 30.0 Å². The molecule has 0 aliphatic carbocycles. The second kappa shape index (κ2) is 8.89. The third-order valence-corrected chi connectivity index (χ3v) is 3.46. The summed E-state index contributed by atoms with van der Waals surface area (Å²) in [4.78, 5) is 12.3. The molecule has 0 aromatic heterocycles. The number of nitrogens with one attached hydrogen (secondary N) is 2. The molecule has 1 amide bonds. The molecule has 0 bridgehead atoms. The molecule has 0 saturated heterocycles. The smallest absolute Gasteiger partial charge is 0.267 e. The zero-order chi connectivity index (χ0) is 16.5. The van der Waals surface area contributed by atoms with Gasteiger partial charge in [0.15, 0.2) is 0 Å². The molecule has 118 valence electrons. The largest absolute Gasteiger partial charge is 0.390 e. The van der Waals surface area contributed by atoms with Gasteiger partial charge in [-0.3, -0.25) is 4.79 Å². The van der Waals surface area contributed by atoms with E-state index in [2.05, 4.69) is 24.5 Å². The molecule has 4 heteroatoms. The molecule has 0 saturated carbocycles. The minimum absolute atomic E-state index is 0.0917. The molecule has 0 radical (unpaired) electrons. The number of para-hydroxylation sites is 1. The Morgan fingerprint density at radius 1 is 1.41 bits per heavy atom. The van der Waals surface area contributed by atoms with E-state index in [1.165, 1.54) is 6.20 Å². The van der Waals surface area contributed by atoms with Crippen LogP contribution >= 0.6 is 0 Å². The summed E-state index contributed by atoms with van der Waals surface area (Å²) in [6, 6.07) is 7.86. The fraction of sp³-hybridized carbons (Fsp3) is 0.444. The molecule has 1 aromatic carbocycles.